The molecule has 0 bridgehead atoms. The van der Waals surface area contributed by atoms with Crippen LogP contribution in [-0.4, -0.2) is 66.3 Å². The molecule has 1 aliphatic carbocycles. The number of carbonyl (C=O) groups is 2. The quantitative estimate of drug-likeness (QED) is 0.809. The molecule has 1 N–H and O–H groups in total. The highest BCUT2D eigenvalue weighted by molar-refractivity contribution is 5.79. The van der Waals surface area contributed by atoms with E-state index in [9.17, 15) is 14.7 Å². The van der Waals surface area contributed by atoms with Crippen LogP contribution in [0.2, 0.25) is 0 Å². The van der Waals surface area contributed by atoms with Gasteiger partial charge in [-0.2, -0.15) is 0 Å². The molecular formula is C13H22N2O4. The van der Waals surface area contributed by atoms with Gasteiger partial charge in [0.15, 0.2) is 0 Å². The first kappa shape index (κ1) is 14.1. The van der Waals surface area contributed by atoms with Crippen LogP contribution in [-0.2, 0) is 9.53 Å². The number of carbonyl (C=O) groups excluding carboxylic acids is 1. The van der Waals surface area contributed by atoms with Gasteiger partial charge in [0.05, 0.1) is 12.0 Å². The lowest BCUT2D eigenvalue weighted by molar-refractivity contribution is -0.147. The maximum Gasteiger partial charge on any atom is 0.320 e. The topological polar surface area (TPSA) is 70.1 Å². The van der Waals surface area contributed by atoms with Crippen molar-refractivity contribution in [1.29, 1.82) is 0 Å². The van der Waals surface area contributed by atoms with Gasteiger partial charge in [0.2, 0.25) is 0 Å². The maximum absolute atomic E-state index is 12.4. The Morgan fingerprint density at radius 1 is 1.47 bits per heavy atom. The Hall–Kier alpha value is -1.30. The van der Waals surface area contributed by atoms with Crippen molar-refractivity contribution in [2.24, 2.45) is 5.41 Å². The number of hydrogen-bond acceptors (Lipinski definition) is 3. The van der Waals surface area contributed by atoms with E-state index in [1.807, 2.05) is 4.90 Å². The monoisotopic (exact) mass is 270 g/mol. The number of methoxy groups -OCH3 is 1. The van der Waals surface area contributed by atoms with Crippen LogP contribution in [0.1, 0.15) is 26.2 Å². The highest BCUT2D eigenvalue weighted by atomic mass is 16.5. The van der Waals surface area contributed by atoms with Crippen LogP contribution in [0.25, 0.3) is 0 Å². The molecule has 1 atom stereocenters. The van der Waals surface area contributed by atoms with Gasteiger partial charge in [0.25, 0.3) is 0 Å². The molecule has 1 unspecified atom stereocenters. The number of nitrogens with zero attached hydrogens (tertiary/aromatic N) is 2. The molecule has 0 radical (unpaired) electrons. The van der Waals surface area contributed by atoms with Crippen LogP contribution in [0, 0.1) is 5.41 Å². The Bertz CT molecular complexity index is 370. The maximum atomic E-state index is 12.4. The van der Waals surface area contributed by atoms with Crippen molar-refractivity contribution in [3.63, 3.8) is 0 Å². The summed E-state index contributed by atoms with van der Waals surface area (Å²) in [5.74, 6) is -0.822. The van der Waals surface area contributed by atoms with E-state index < -0.39 is 11.4 Å². The van der Waals surface area contributed by atoms with E-state index in [1.165, 1.54) is 0 Å². The van der Waals surface area contributed by atoms with E-state index in [2.05, 4.69) is 0 Å². The molecule has 0 aromatic rings. The molecule has 2 rings (SSSR count). The number of aliphatic carboxylic acids is 1. The molecule has 0 spiro atoms. The Balaban J connectivity index is 1.97. The second-order valence-electron chi connectivity index (χ2n) is 5.74. The first-order chi connectivity index (χ1) is 8.98. The van der Waals surface area contributed by atoms with Crippen LogP contribution in [0.15, 0.2) is 0 Å². The molecule has 1 aliphatic heterocycles. The third kappa shape index (κ3) is 3.00. The largest absolute Gasteiger partial charge is 0.481 e. The lowest BCUT2D eigenvalue weighted by Gasteiger charge is -2.28. The second kappa shape index (κ2) is 5.36. The molecule has 6 nitrogen and oxygen atoms in total. The summed E-state index contributed by atoms with van der Waals surface area (Å²) in [6.45, 7) is 3.64. The number of urea groups is 1. The van der Waals surface area contributed by atoms with Gasteiger partial charge in [0, 0.05) is 32.8 Å². The molecule has 2 aliphatic rings. The van der Waals surface area contributed by atoms with Crippen LogP contribution in [0.5, 0.6) is 0 Å². The van der Waals surface area contributed by atoms with Crippen molar-refractivity contribution in [2.45, 2.75) is 32.2 Å². The van der Waals surface area contributed by atoms with Crippen molar-refractivity contribution in [2.75, 3.05) is 33.4 Å². The average molecular weight is 270 g/mol. The summed E-state index contributed by atoms with van der Waals surface area (Å²) in [5.41, 5.74) is -0.799. The van der Waals surface area contributed by atoms with Crippen molar-refractivity contribution >= 4 is 12.0 Å². The molecule has 0 aromatic heterocycles. The van der Waals surface area contributed by atoms with Gasteiger partial charge in [-0.25, -0.2) is 4.79 Å². The van der Waals surface area contributed by atoms with Crippen LogP contribution < -0.4 is 0 Å². The van der Waals surface area contributed by atoms with Gasteiger partial charge >= 0.3 is 12.0 Å². The van der Waals surface area contributed by atoms with Crippen LogP contribution in [0.3, 0.4) is 0 Å². The fraction of sp³-hybridized carbons (Fsp3) is 0.846. The molecule has 0 aromatic carbocycles. The first-order valence-corrected chi connectivity index (χ1v) is 6.76. The zero-order valence-corrected chi connectivity index (χ0v) is 11.6. The first-order valence-electron chi connectivity index (χ1n) is 6.76. The summed E-state index contributed by atoms with van der Waals surface area (Å²) >= 11 is 0. The fourth-order valence-corrected chi connectivity index (χ4v) is 2.49. The Morgan fingerprint density at radius 3 is 2.63 bits per heavy atom. The molecular weight excluding hydrogens is 248 g/mol. The van der Waals surface area contributed by atoms with Crippen molar-refractivity contribution in [3.8, 4) is 0 Å². The second-order valence-corrected chi connectivity index (χ2v) is 5.74. The molecule has 1 saturated carbocycles. The lowest BCUT2D eigenvalue weighted by Crippen LogP contribution is -2.46. The molecule has 1 saturated heterocycles. The van der Waals surface area contributed by atoms with Gasteiger partial charge in [0.1, 0.15) is 0 Å². The number of ether oxygens (including phenoxy) is 1. The van der Waals surface area contributed by atoms with E-state index >= 15 is 0 Å². The number of amides is 2. The lowest BCUT2D eigenvalue weighted by atomic mass is 9.90. The zero-order valence-electron chi connectivity index (χ0n) is 11.6. The standard InChI is InChI=1S/C13H22N2O4/c1-13(11(16)17)5-6-14(9-13)12(18)15(7-8-19-2)10-3-4-10/h10H,3-9H2,1-2H3,(H,16,17). The molecule has 1 heterocycles. The summed E-state index contributed by atoms with van der Waals surface area (Å²) in [7, 11) is 1.62. The van der Waals surface area contributed by atoms with E-state index in [0.717, 1.165) is 12.8 Å². The summed E-state index contributed by atoms with van der Waals surface area (Å²) in [6, 6.07) is 0.281. The SMILES string of the molecule is COCCN(C(=O)N1CCC(C)(C(=O)O)C1)C1CC1. The van der Waals surface area contributed by atoms with E-state index in [-0.39, 0.29) is 6.03 Å². The third-order valence-electron chi connectivity index (χ3n) is 4.03. The van der Waals surface area contributed by atoms with Gasteiger partial charge in [-0.3, -0.25) is 4.79 Å². The third-order valence-corrected chi connectivity index (χ3v) is 4.03. The highest BCUT2D eigenvalue weighted by Crippen LogP contribution is 2.33. The number of hydrogen-bond donors (Lipinski definition) is 1. The Kier molecular flexibility index (Phi) is 3.99. The highest BCUT2D eigenvalue weighted by Gasteiger charge is 2.44. The smallest absolute Gasteiger partial charge is 0.320 e. The molecule has 2 fully saturated rings. The summed E-state index contributed by atoms with van der Waals surface area (Å²) < 4.78 is 5.04. The van der Waals surface area contributed by atoms with Gasteiger partial charge in [-0.15, -0.1) is 0 Å². The fourth-order valence-electron chi connectivity index (χ4n) is 2.49. The molecule has 108 valence electrons. The van der Waals surface area contributed by atoms with E-state index in [0.29, 0.717) is 38.7 Å². The predicted octanol–water partition coefficient (Wildman–Crippen LogP) is 1.01. The summed E-state index contributed by atoms with van der Waals surface area (Å²) in [6.07, 6.45) is 2.61. The van der Waals surface area contributed by atoms with E-state index in [1.54, 1.807) is 18.9 Å². The van der Waals surface area contributed by atoms with Gasteiger partial charge in [-0.05, 0) is 26.2 Å². The molecule has 19 heavy (non-hydrogen) atoms. The van der Waals surface area contributed by atoms with Crippen molar-refractivity contribution in [3.05, 3.63) is 0 Å². The zero-order chi connectivity index (χ0) is 14.0. The van der Waals surface area contributed by atoms with Gasteiger partial charge < -0.3 is 19.6 Å². The normalized spacial score (nSPS) is 26.5. The predicted molar refractivity (Wildman–Crippen MR) is 68.9 cm³/mol. The molecule has 6 heteroatoms. The summed E-state index contributed by atoms with van der Waals surface area (Å²) in [5, 5.41) is 9.20. The van der Waals surface area contributed by atoms with Gasteiger partial charge in [-0.1, -0.05) is 0 Å². The van der Waals surface area contributed by atoms with E-state index in [4.69, 9.17) is 4.74 Å². The Labute approximate surface area is 113 Å². The minimum atomic E-state index is -0.822. The molecule has 2 amide bonds. The van der Waals surface area contributed by atoms with Crippen molar-refractivity contribution in [1.82, 2.24) is 9.80 Å². The number of likely N-dealkylation sites (tertiary alicyclic amines) is 1. The van der Waals surface area contributed by atoms with Crippen LogP contribution >= 0.6 is 0 Å². The minimum absolute atomic E-state index is 0.0375. The number of rotatable bonds is 5. The van der Waals surface area contributed by atoms with Crippen molar-refractivity contribution < 1.29 is 19.4 Å². The van der Waals surface area contributed by atoms with Crippen LogP contribution in [0.4, 0.5) is 4.79 Å². The number of carboxylic acids is 1. The summed E-state index contributed by atoms with van der Waals surface area (Å²) in [4.78, 5) is 27.2. The number of carboxylic acid groups (broad SMARTS) is 1. The minimum Gasteiger partial charge on any atom is -0.481 e. The average Bonchev–Trinajstić information content (AvgIpc) is 3.12. The Morgan fingerprint density at radius 2 is 2.16 bits per heavy atom.